The van der Waals surface area contributed by atoms with E-state index in [9.17, 15) is 4.79 Å². The molecule has 1 amide bonds. The van der Waals surface area contributed by atoms with Crippen LogP contribution in [0.25, 0.3) is 5.69 Å². The van der Waals surface area contributed by atoms with Crippen LogP contribution in [0.4, 0.5) is 0 Å². The summed E-state index contributed by atoms with van der Waals surface area (Å²) >= 11 is 0. The lowest BCUT2D eigenvalue weighted by Gasteiger charge is -2.17. The lowest BCUT2D eigenvalue weighted by Crippen LogP contribution is -2.27. The topological polar surface area (TPSA) is 38.1 Å². The monoisotopic (exact) mass is 333 g/mol. The molecule has 0 aliphatic carbocycles. The van der Waals surface area contributed by atoms with Crippen LogP contribution in [-0.4, -0.2) is 27.6 Å². The highest BCUT2D eigenvalue weighted by Crippen LogP contribution is 2.19. The normalized spacial score (nSPS) is 10.7. The van der Waals surface area contributed by atoms with E-state index in [1.54, 1.807) is 11.1 Å². The van der Waals surface area contributed by atoms with Crippen LogP contribution < -0.4 is 0 Å². The molecule has 0 N–H and O–H groups in total. The maximum atomic E-state index is 12.9. The van der Waals surface area contributed by atoms with Crippen LogP contribution in [0.2, 0.25) is 0 Å². The number of aryl methyl sites for hydroxylation is 1. The Kier molecular flexibility index (Phi) is 4.98. The quantitative estimate of drug-likeness (QED) is 0.707. The van der Waals surface area contributed by atoms with Crippen molar-refractivity contribution in [2.45, 2.75) is 26.8 Å². The van der Waals surface area contributed by atoms with Crippen LogP contribution >= 0.6 is 0 Å². The number of aromatic nitrogens is 2. The fraction of sp³-hybridized carbons (Fsp3) is 0.238. The van der Waals surface area contributed by atoms with Crippen LogP contribution in [0.5, 0.6) is 0 Å². The summed E-state index contributed by atoms with van der Waals surface area (Å²) in [4.78, 5) is 14.7. The van der Waals surface area contributed by atoms with E-state index in [1.807, 2.05) is 54.2 Å². The first-order valence-corrected chi connectivity index (χ1v) is 8.53. The van der Waals surface area contributed by atoms with Crippen LogP contribution in [0, 0.1) is 6.92 Å². The van der Waals surface area contributed by atoms with Crippen LogP contribution in [0.3, 0.4) is 0 Å². The molecule has 0 spiro atoms. The van der Waals surface area contributed by atoms with E-state index in [0.29, 0.717) is 12.1 Å². The van der Waals surface area contributed by atoms with Crippen LogP contribution in [0.1, 0.15) is 34.1 Å². The highest BCUT2D eigenvalue weighted by Gasteiger charge is 2.20. The van der Waals surface area contributed by atoms with Gasteiger partial charge in [-0.2, -0.15) is 5.10 Å². The van der Waals surface area contributed by atoms with Gasteiger partial charge in [-0.05, 0) is 36.6 Å². The van der Waals surface area contributed by atoms with E-state index < -0.39 is 0 Å². The highest BCUT2D eigenvalue weighted by molar-refractivity contribution is 5.95. The Hall–Kier alpha value is -2.88. The minimum atomic E-state index is -0.000365. The Morgan fingerprint density at radius 1 is 1.12 bits per heavy atom. The smallest absolute Gasteiger partial charge is 0.257 e. The van der Waals surface area contributed by atoms with Crippen molar-refractivity contribution in [1.29, 1.82) is 0 Å². The highest BCUT2D eigenvalue weighted by atomic mass is 16.2. The Morgan fingerprint density at radius 2 is 1.88 bits per heavy atom. The second kappa shape index (κ2) is 7.34. The Morgan fingerprint density at radius 3 is 2.56 bits per heavy atom. The fourth-order valence-electron chi connectivity index (χ4n) is 3.01. The zero-order chi connectivity index (χ0) is 17.8. The average Bonchev–Trinajstić information content (AvgIpc) is 3.05. The minimum Gasteiger partial charge on any atom is -0.337 e. The van der Waals surface area contributed by atoms with Crippen molar-refractivity contribution in [2.75, 3.05) is 7.05 Å². The molecule has 0 fully saturated rings. The van der Waals surface area contributed by atoms with E-state index in [-0.39, 0.29) is 5.91 Å². The van der Waals surface area contributed by atoms with Crippen molar-refractivity contribution < 1.29 is 4.79 Å². The molecule has 0 bridgehead atoms. The van der Waals surface area contributed by atoms with Gasteiger partial charge < -0.3 is 4.90 Å². The molecule has 0 atom stereocenters. The molecule has 1 aromatic heterocycles. The Labute approximate surface area is 148 Å². The molecule has 4 heteroatoms. The van der Waals surface area contributed by atoms with Crippen LogP contribution in [-0.2, 0) is 13.0 Å². The minimum absolute atomic E-state index is 0.000365. The van der Waals surface area contributed by atoms with E-state index in [1.165, 1.54) is 5.56 Å². The lowest BCUT2D eigenvalue weighted by atomic mass is 10.1. The van der Waals surface area contributed by atoms with Gasteiger partial charge in [0.2, 0.25) is 0 Å². The summed E-state index contributed by atoms with van der Waals surface area (Å²) in [6.07, 6.45) is 2.43. The predicted molar refractivity (Wildman–Crippen MR) is 99.9 cm³/mol. The Balaban J connectivity index is 1.88. The van der Waals surface area contributed by atoms with Crippen LogP contribution in [0.15, 0.2) is 60.8 Å². The predicted octanol–water partition coefficient (Wildman–Crippen LogP) is 4.02. The van der Waals surface area contributed by atoms with E-state index in [4.69, 9.17) is 0 Å². The maximum absolute atomic E-state index is 12.9. The number of rotatable bonds is 5. The van der Waals surface area contributed by atoms with Crippen molar-refractivity contribution in [3.05, 3.63) is 83.2 Å². The SMILES string of the molecule is CCc1c(C(=O)N(C)Cc2ccccc2)cnn1-c1cccc(C)c1. The number of hydrogen-bond donors (Lipinski definition) is 0. The summed E-state index contributed by atoms with van der Waals surface area (Å²) in [7, 11) is 1.83. The fourth-order valence-corrected chi connectivity index (χ4v) is 3.01. The van der Waals surface area contributed by atoms with Crippen molar-refractivity contribution in [1.82, 2.24) is 14.7 Å². The van der Waals surface area contributed by atoms with Gasteiger partial charge in [-0.3, -0.25) is 4.79 Å². The van der Waals surface area contributed by atoms with Gasteiger partial charge in [-0.1, -0.05) is 49.4 Å². The molecule has 0 saturated heterocycles. The third-order valence-corrected chi connectivity index (χ3v) is 4.29. The number of amides is 1. The summed E-state index contributed by atoms with van der Waals surface area (Å²) in [6, 6.07) is 18.2. The number of carbonyl (C=O) groups excluding carboxylic acids is 1. The molecule has 4 nitrogen and oxygen atoms in total. The molecule has 1 heterocycles. The summed E-state index contributed by atoms with van der Waals surface area (Å²) in [5, 5.41) is 4.48. The van der Waals surface area contributed by atoms with Gasteiger partial charge in [0, 0.05) is 13.6 Å². The van der Waals surface area contributed by atoms with Crippen molar-refractivity contribution in [3.8, 4) is 5.69 Å². The number of hydrogen-bond acceptors (Lipinski definition) is 2. The summed E-state index contributed by atoms with van der Waals surface area (Å²) in [6.45, 7) is 4.69. The molecule has 0 aliphatic heterocycles. The third-order valence-electron chi connectivity index (χ3n) is 4.29. The van der Waals surface area contributed by atoms with Crippen molar-refractivity contribution in [2.24, 2.45) is 0 Å². The first-order valence-electron chi connectivity index (χ1n) is 8.53. The summed E-state index contributed by atoms with van der Waals surface area (Å²) in [5.74, 6) is -0.000365. The van der Waals surface area contributed by atoms with E-state index >= 15 is 0 Å². The zero-order valence-electron chi connectivity index (χ0n) is 14.9. The van der Waals surface area contributed by atoms with E-state index in [2.05, 4.69) is 31.1 Å². The van der Waals surface area contributed by atoms with Gasteiger partial charge >= 0.3 is 0 Å². The van der Waals surface area contributed by atoms with Gasteiger partial charge in [-0.15, -0.1) is 0 Å². The average molecular weight is 333 g/mol. The molecule has 3 rings (SSSR count). The first kappa shape index (κ1) is 17.0. The number of benzene rings is 2. The molecule has 3 aromatic rings. The molecule has 0 radical (unpaired) electrons. The standard InChI is InChI=1S/C21H23N3O/c1-4-20-19(14-22-24(20)18-12-8-9-16(2)13-18)21(25)23(3)15-17-10-6-5-7-11-17/h5-14H,4,15H2,1-3H3. The largest absolute Gasteiger partial charge is 0.337 e. The molecule has 0 unspecified atom stereocenters. The van der Waals surface area contributed by atoms with Gasteiger partial charge in [0.05, 0.1) is 23.1 Å². The molecular formula is C21H23N3O. The maximum Gasteiger partial charge on any atom is 0.257 e. The van der Waals surface area contributed by atoms with Gasteiger partial charge in [0.1, 0.15) is 0 Å². The van der Waals surface area contributed by atoms with Crippen molar-refractivity contribution >= 4 is 5.91 Å². The first-order chi connectivity index (χ1) is 12.1. The molecular weight excluding hydrogens is 310 g/mol. The molecule has 128 valence electrons. The number of carbonyl (C=O) groups is 1. The molecule has 0 saturated carbocycles. The molecule has 2 aromatic carbocycles. The molecule has 0 aliphatic rings. The second-order valence-corrected chi connectivity index (χ2v) is 6.26. The lowest BCUT2D eigenvalue weighted by molar-refractivity contribution is 0.0784. The number of nitrogens with zero attached hydrogens (tertiary/aromatic N) is 3. The summed E-state index contributed by atoms with van der Waals surface area (Å²) in [5.41, 5.74) is 4.88. The van der Waals surface area contributed by atoms with Gasteiger partial charge in [0.25, 0.3) is 5.91 Å². The molecule has 25 heavy (non-hydrogen) atoms. The van der Waals surface area contributed by atoms with Gasteiger partial charge in [-0.25, -0.2) is 4.68 Å². The second-order valence-electron chi connectivity index (χ2n) is 6.26. The van der Waals surface area contributed by atoms with E-state index in [0.717, 1.165) is 23.4 Å². The van der Waals surface area contributed by atoms with Gasteiger partial charge in [0.15, 0.2) is 0 Å². The third kappa shape index (κ3) is 3.63. The van der Waals surface area contributed by atoms with Crippen molar-refractivity contribution in [3.63, 3.8) is 0 Å². The Bertz CT molecular complexity index is 868. The summed E-state index contributed by atoms with van der Waals surface area (Å²) < 4.78 is 1.87. The zero-order valence-corrected chi connectivity index (χ0v) is 14.9.